The van der Waals surface area contributed by atoms with Crippen molar-refractivity contribution in [2.24, 2.45) is 17.3 Å². The summed E-state index contributed by atoms with van der Waals surface area (Å²) in [4.78, 5) is 14.4. The number of carbonyl (C=O) groups is 1. The van der Waals surface area contributed by atoms with Crippen LogP contribution in [0.4, 0.5) is 5.69 Å². The molecule has 0 aliphatic heterocycles. The Balaban J connectivity index is 1.56. The highest BCUT2D eigenvalue weighted by Gasteiger charge is 2.63. The number of benzene rings is 1. The maximum absolute atomic E-state index is 13.0. The highest BCUT2D eigenvalue weighted by molar-refractivity contribution is 7.92. The molecule has 0 saturated heterocycles. The van der Waals surface area contributed by atoms with Gasteiger partial charge < -0.3 is 14.6 Å². The second-order valence-electron chi connectivity index (χ2n) is 13.5. The van der Waals surface area contributed by atoms with Gasteiger partial charge in [-0.05, 0) is 117 Å². The van der Waals surface area contributed by atoms with Gasteiger partial charge in [0.25, 0.3) is 0 Å². The number of carbonyl (C=O) groups excluding carboxylic acids is 1. The highest BCUT2D eigenvalue weighted by Crippen LogP contribution is 2.67. The molecular formula is C32H45NO3S. The van der Waals surface area contributed by atoms with Crippen LogP contribution in [0, 0.1) is 17.3 Å². The molecule has 5 rings (SSSR count). The Bertz CT molecular complexity index is 1110. The van der Waals surface area contributed by atoms with Crippen LogP contribution in [-0.4, -0.2) is 45.6 Å². The van der Waals surface area contributed by atoms with Crippen molar-refractivity contribution in [1.29, 1.82) is 0 Å². The second-order valence-corrected chi connectivity index (χ2v) is 15.8. The van der Waals surface area contributed by atoms with Crippen molar-refractivity contribution in [3.63, 3.8) is 0 Å². The minimum absolute atomic E-state index is 0.222. The summed E-state index contributed by atoms with van der Waals surface area (Å²) in [6.45, 7) is 8.42. The highest BCUT2D eigenvalue weighted by atomic mass is 32.2. The van der Waals surface area contributed by atoms with Gasteiger partial charge in [0, 0.05) is 44.0 Å². The molecule has 0 amide bonds. The van der Waals surface area contributed by atoms with Crippen molar-refractivity contribution in [3.05, 3.63) is 52.6 Å². The lowest BCUT2D eigenvalue weighted by molar-refractivity contribution is -0.114. The van der Waals surface area contributed by atoms with E-state index in [0.29, 0.717) is 30.4 Å². The van der Waals surface area contributed by atoms with Gasteiger partial charge in [-0.25, -0.2) is 0 Å². The molecule has 4 aliphatic rings. The molecule has 1 aromatic carbocycles. The molecule has 202 valence electrons. The molecule has 4 aliphatic carbocycles. The van der Waals surface area contributed by atoms with Crippen molar-refractivity contribution >= 4 is 22.6 Å². The summed E-state index contributed by atoms with van der Waals surface area (Å²) in [5.41, 5.74) is 5.78. The molecule has 6 atom stereocenters. The van der Waals surface area contributed by atoms with Crippen LogP contribution in [0.5, 0.6) is 0 Å². The van der Waals surface area contributed by atoms with E-state index in [4.69, 9.17) is 0 Å². The van der Waals surface area contributed by atoms with Crippen LogP contribution in [0.3, 0.4) is 0 Å². The number of anilines is 1. The largest absolute Gasteiger partial charge is 0.616 e. The molecule has 0 heterocycles. The zero-order valence-corrected chi connectivity index (χ0v) is 24.4. The first-order valence-electron chi connectivity index (χ1n) is 14.2. The van der Waals surface area contributed by atoms with E-state index in [9.17, 15) is 14.5 Å². The van der Waals surface area contributed by atoms with Crippen LogP contribution in [0.1, 0.15) is 90.5 Å². The lowest BCUT2D eigenvalue weighted by Crippen LogP contribution is -2.52. The summed E-state index contributed by atoms with van der Waals surface area (Å²) in [5.74, 6) is 1.94. The molecule has 2 saturated carbocycles. The van der Waals surface area contributed by atoms with E-state index in [0.717, 1.165) is 38.5 Å². The first kappa shape index (κ1) is 27.0. The van der Waals surface area contributed by atoms with Gasteiger partial charge in [-0.1, -0.05) is 24.6 Å². The van der Waals surface area contributed by atoms with Gasteiger partial charge in [0.1, 0.15) is 10.5 Å². The molecule has 1 N–H and O–H groups in total. The van der Waals surface area contributed by atoms with Crippen LogP contribution in [0.15, 0.2) is 47.1 Å². The SMILES string of the molecule is CN(C)c1ccc([C@H]2C[C@@]3(C)[C@@H](CC[C@@]3(O)CC[S+]([O-])C(C)(C)C)[C@@H]3CCC4=CC(=O)CCC4=C32)cc1. The fourth-order valence-corrected chi connectivity index (χ4v) is 9.17. The Morgan fingerprint density at radius 2 is 1.81 bits per heavy atom. The van der Waals surface area contributed by atoms with E-state index in [-0.39, 0.29) is 21.9 Å². The maximum atomic E-state index is 13.0. The quantitative estimate of drug-likeness (QED) is 0.459. The summed E-state index contributed by atoms with van der Waals surface area (Å²) in [6, 6.07) is 8.98. The number of nitrogens with zero attached hydrogens (tertiary/aromatic N) is 1. The van der Waals surface area contributed by atoms with E-state index >= 15 is 0 Å². The fourth-order valence-electron chi connectivity index (χ4n) is 8.04. The van der Waals surface area contributed by atoms with Crippen LogP contribution in [0.2, 0.25) is 0 Å². The minimum Gasteiger partial charge on any atom is -0.616 e. The molecule has 2 fully saturated rings. The van der Waals surface area contributed by atoms with Crippen molar-refractivity contribution in [1.82, 2.24) is 0 Å². The number of allylic oxidation sites excluding steroid dienone is 4. The summed E-state index contributed by atoms with van der Waals surface area (Å²) in [6.07, 6.45) is 8.78. The van der Waals surface area contributed by atoms with Gasteiger partial charge in [0.2, 0.25) is 0 Å². The molecule has 0 bridgehead atoms. The number of fused-ring (bicyclic) bond motifs is 4. The third-order valence-corrected chi connectivity index (χ3v) is 12.2. The topological polar surface area (TPSA) is 63.6 Å². The standard InChI is InChI=1S/C32H45NO3S/c1-30(2,3)37(36)18-17-32(35)16-15-28-26-13-9-22-19-24(34)12-14-25(22)29(26)27(20-31(28,32)4)21-7-10-23(11-8-21)33(5)6/h7-8,10-11,19,26-28,35H,9,12-18,20H2,1-6H3/t26-,27+,28-,31-,32+,37?/m0/s1. The zero-order chi connectivity index (χ0) is 26.8. The first-order chi connectivity index (χ1) is 17.3. The summed E-state index contributed by atoms with van der Waals surface area (Å²) in [7, 11) is 4.14. The fraction of sp³-hybridized carbons (Fsp3) is 0.656. The lowest BCUT2D eigenvalue weighted by Gasteiger charge is -2.55. The Labute approximate surface area is 226 Å². The predicted molar refractivity (Wildman–Crippen MR) is 153 cm³/mol. The molecule has 1 aromatic rings. The molecular weight excluding hydrogens is 478 g/mol. The Hall–Kier alpha value is -1.56. The van der Waals surface area contributed by atoms with Gasteiger partial charge >= 0.3 is 0 Å². The molecule has 37 heavy (non-hydrogen) atoms. The van der Waals surface area contributed by atoms with Crippen LogP contribution < -0.4 is 4.90 Å². The average Bonchev–Trinajstić information content (AvgIpc) is 3.11. The third-order valence-electron chi connectivity index (χ3n) is 10.3. The van der Waals surface area contributed by atoms with Crippen LogP contribution in [-0.2, 0) is 16.0 Å². The lowest BCUT2D eigenvalue weighted by atomic mass is 9.51. The Kier molecular flexibility index (Phi) is 6.99. The number of hydrogen-bond acceptors (Lipinski definition) is 4. The average molecular weight is 524 g/mol. The first-order valence-corrected chi connectivity index (χ1v) is 15.5. The molecule has 0 radical (unpaired) electrons. The smallest absolute Gasteiger partial charge is 0.156 e. The van der Waals surface area contributed by atoms with Gasteiger partial charge in [-0.3, -0.25) is 4.79 Å². The van der Waals surface area contributed by atoms with Gasteiger partial charge in [-0.2, -0.15) is 0 Å². The molecule has 4 nitrogen and oxygen atoms in total. The third kappa shape index (κ3) is 4.63. The predicted octanol–water partition coefficient (Wildman–Crippen LogP) is 6.32. The van der Waals surface area contributed by atoms with E-state index < -0.39 is 16.8 Å². The van der Waals surface area contributed by atoms with Crippen LogP contribution in [0.25, 0.3) is 0 Å². The van der Waals surface area contributed by atoms with Crippen LogP contribution >= 0.6 is 0 Å². The summed E-state index contributed by atoms with van der Waals surface area (Å²) < 4.78 is 12.7. The monoisotopic (exact) mass is 523 g/mol. The number of rotatable bonds is 5. The second kappa shape index (κ2) is 9.57. The van der Waals surface area contributed by atoms with Crippen molar-refractivity contribution in [2.75, 3.05) is 24.7 Å². The number of ketones is 1. The molecule has 1 unspecified atom stereocenters. The Morgan fingerprint density at radius 3 is 2.46 bits per heavy atom. The zero-order valence-electron chi connectivity index (χ0n) is 23.6. The Morgan fingerprint density at radius 1 is 1.11 bits per heavy atom. The van der Waals surface area contributed by atoms with Gasteiger partial charge in [0.05, 0.1) is 5.60 Å². The molecule has 0 spiro atoms. The van der Waals surface area contributed by atoms with Gasteiger partial charge in [-0.15, -0.1) is 0 Å². The molecule has 5 heteroatoms. The van der Waals surface area contributed by atoms with Crippen molar-refractivity contribution in [3.8, 4) is 0 Å². The number of hydrogen-bond donors (Lipinski definition) is 1. The normalized spacial score (nSPS) is 34.4. The van der Waals surface area contributed by atoms with E-state index in [1.54, 1.807) is 5.57 Å². The summed E-state index contributed by atoms with van der Waals surface area (Å²) in [5, 5.41) is 12.3. The maximum Gasteiger partial charge on any atom is 0.156 e. The van der Waals surface area contributed by atoms with E-state index in [2.05, 4.69) is 50.2 Å². The van der Waals surface area contributed by atoms with Crippen molar-refractivity contribution < 1.29 is 14.5 Å². The van der Waals surface area contributed by atoms with E-state index in [1.165, 1.54) is 22.4 Å². The van der Waals surface area contributed by atoms with Gasteiger partial charge in [0.15, 0.2) is 5.78 Å². The van der Waals surface area contributed by atoms with Crippen molar-refractivity contribution in [2.45, 2.75) is 95.3 Å². The van der Waals surface area contributed by atoms with E-state index in [1.807, 2.05) is 26.8 Å². The summed E-state index contributed by atoms with van der Waals surface area (Å²) >= 11 is -0.972. The molecule has 0 aromatic heterocycles. The number of aliphatic hydroxyl groups is 1. The minimum atomic E-state index is -0.972.